The monoisotopic (exact) mass is 584 g/mol. The van der Waals surface area contributed by atoms with E-state index in [2.05, 4.69) is 26.7 Å². The summed E-state index contributed by atoms with van der Waals surface area (Å²) >= 11 is 0. The van der Waals surface area contributed by atoms with Crippen LogP contribution < -0.4 is 15.0 Å². The van der Waals surface area contributed by atoms with Gasteiger partial charge in [0.2, 0.25) is 5.91 Å². The number of hydrogen-bond acceptors (Lipinski definition) is 8. The second kappa shape index (κ2) is 13.5. The molecule has 4 aromatic rings. The van der Waals surface area contributed by atoms with E-state index in [4.69, 9.17) is 14.5 Å². The number of aryl methyl sites for hydroxylation is 1. The Hall–Kier alpha value is -4.70. The zero-order valence-electron chi connectivity index (χ0n) is 26.0. The second-order valence-electron chi connectivity index (χ2n) is 10.9. The first-order valence-corrected chi connectivity index (χ1v) is 14.1. The summed E-state index contributed by atoms with van der Waals surface area (Å²) in [4.78, 5) is 39.2. The van der Waals surface area contributed by atoms with E-state index in [0.29, 0.717) is 29.4 Å². The molecule has 2 aromatic heterocycles. The summed E-state index contributed by atoms with van der Waals surface area (Å²) in [5.41, 5.74) is 4.80. The average molecular weight is 585 g/mol. The lowest BCUT2D eigenvalue weighted by Gasteiger charge is -2.25. The van der Waals surface area contributed by atoms with E-state index in [9.17, 15) is 9.59 Å². The van der Waals surface area contributed by atoms with Gasteiger partial charge in [0.15, 0.2) is 0 Å². The normalized spacial score (nSPS) is 11.2. The fourth-order valence-electron chi connectivity index (χ4n) is 4.85. The van der Waals surface area contributed by atoms with E-state index in [-0.39, 0.29) is 17.6 Å². The van der Waals surface area contributed by atoms with E-state index in [1.165, 1.54) is 12.3 Å². The van der Waals surface area contributed by atoms with E-state index in [1.807, 2.05) is 75.4 Å². The number of nitrogens with zero attached hydrogens (tertiary/aromatic N) is 5. The number of rotatable bonds is 12. The van der Waals surface area contributed by atoms with Crippen molar-refractivity contribution in [3.8, 4) is 17.0 Å². The minimum absolute atomic E-state index is 0.289. The van der Waals surface area contributed by atoms with Gasteiger partial charge in [-0.15, -0.1) is 0 Å². The van der Waals surface area contributed by atoms with Gasteiger partial charge in [-0.05, 0) is 46.2 Å². The van der Waals surface area contributed by atoms with E-state index < -0.39 is 5.97 Å². The summed E-state index contributed by atoms with van der Waals surface area (Å²) in [5.74, 6) is 0.307. The first-order chi connectivity index (χ1) is 20.5. The van der Waals surface area contributed by atoms with Crippen LogP contribution in [0.1, 0.15) is 35.6 Å². The molecule has 10 heteroatoms. The highest BCUT2D eigenvalue weighted by atomic mass is 16.5. The lowest BCUT2D eigenvalue weighted by atomic mass is 10.0. The van der Waals surface area contributed by atoms with Crippen LogP contribution in [0, 0.1) is 0 Å². The lowest BCUT2D eigenvalue weighted by molar-refractivity contribution is -0.111. The standard InChI is InChI=1S/C33H40N6O4/c1-9-31(40)35-26-16-22(29(42-8)18-28(26)38(6)15-14-37(4)5)17-30-34-19-24(33(41)43-21(2)3)32(36-30)25-20-39(7)27-13-11-10-12-23(25)27/h9-13,16,18-21H,1,14-15,17H2,2-8H3,(H,35,40). The Balaban J connectivity index is 1.82. The van der Waals surface area contributed by atoms with Gasteiger partial charge in [0, 0.05) is 74.1 Å². The molecule has 0 saturated heterocycles. The Morgan fingerprint density at radius 3 is 2.56 bits per heavy atom. The van der Waals surface area contributed by atoms with Gasteiger partial charge in [0.05, 0.1) is 30.3 Å². The number of anilines is 2. The summed E-state index contributed by atoms with van der Waals surface area (Å²) < 4.78 is 13.3. The number of hydrogen-bond donors (Lipinski definition) is 1. The van der Waals surface area contributed by atoms with Crippen molar-refractivity contribution in [2.45, 2.75) is 26.4 Å². The van der Waals surface area contributed by atoms with Crippen LogP contribution in [0.2, 0.25) is 0 Å². The minimum atomic E-state index is -0.485. The third kappa shape index (κ3) is 7.21. The minimum Gasteiger partial charge on any atom is -0.496 e. The summed E-state index contributed by atoms with van der Waals surface area (Å²) in [7, 11) is 9.56. The van der Waals surface area contributed by atoms with Gasteiger partial charge in [-0.2, -0.15) is 0 Å². The van der Waals surface area contributed by atoms with Gasteiger partial charge in [-0.3, -0.25) is 4.79 Å². The number of nitrogens with one attached hydrogen (secondary N) is 1. The maximum Gasteiger partial charge on any atom is 0.342 e. The number of carbonyl (C=O) groups excluding carboxylic acids is 2. The zero-order valence-corrected chi connectivity index (χ0v) is 26.0. The van der Waals surface area contributed by atoms with Crippen molar-refractivity contribution in [2.24, 2.45) is 7.05 Å². The summed E-state index contributed by atoms with van der Waals surface area (Å²) in [6, 6.07) is 11.7. The molecule has 0 atom stereocenters. The summed E-state index contributed by atoms with van der Waals surface area (Å²) in [6.45, 7) is 8.77. The molecule has 0 bridgehead atoms. The molecule has 2 heterocycles. The van der Waals surface area contributed by atoms with Crippen LogP contribution in [-0.2, 0) is 23.0 Å². The Labute approximate surface area is 252 Å². The number of fused-ring (bicyclic) bond motifs is 1. The molecule has 0 radical (unpaired) electrons. The number of methoxy groups -OCH3 is 1. The first kappa shape index (κ1) is 31.2. The Kier molecular flexibility index (Phi) is 9.82. The smallest absolute Gasteiger partial charge is 0.342 e. The van der Waals surface area contributed by atoms with Crippen molar-refractivity contribution in [1.29, 1.82) is 0 Å². The number of likely N-dealkylation sites (N-methyl/N-ethyl adjacent to an activating group) is 2. The third-order valence-electron chi connectivity index (χ3n) is 7.04. The van der Waals surface area contributed by atoms with Gasteiger partial charge >= 0.3 is 5.97 Å². The van der Waals surface area contributed by atoms with Crippen molar-refractivity contribution in [1.82, 2.24) is 19.4 Å². The summed E-state index contributed by atoms with van der Waals surface area (Å²) in [6.07, 6.45) is 4.72. The highest BCUT2D eigenvalue weighted by Gasteiger charge is 2.23. The fraction of sp³-hybridized carbons (Fsp3) is 0.333. The van der Waals surface area contributed by atoms with E-state index >= 15 is 0 Å². The number of amides is 1. The number of carbonyl (C=O) groups is 2. The Morgan fingerprint density at radius 1 is 1.14 bits per heavy atom. The average Bonchev–Trinajstić information content (AvgIpc) is 3.31. The van der Waals surface area contributed by atoms with Crippen LogP contribution in [-0.4, -0.2) is 78.8 Å². The predicted molar refractivity (Wildman–Crippen MR) is 171 cm³/mol. The number of para-hydroxylation sites is 1. The maximum absolute atomic E-state index is 13.1. The van der Waals surface area contributed by atoms with Crippen LogP contribution >= 0.6 is 0 Å². The van der Waals surface area contributed by atoms with Crippen LogP contribution in [0.25, 0.3) is 22.2 Å². The molecule has 226 valence electrons. The van der Waals surface area contributed by atoms with E-state index in [0.717, 1.165) is 40.8 Å². The van der Waals surface area contributed by atoms with Gasteiger partial charge in [0.25, 0.3) is 0 Å². The Morgan fingerprint density at radius 2 is 1.88 bits per heavy atom. The topological polar surface area (TPSA) is 102 Å². The molecule has 0 aliphatic carbocycles. The molecule has 10 nitrogen and oxygen atoms in total. The SMILES string of the molecule is C=CC(=O)Nc1cc(Cc2ncc(C(=O)OC(C)C)c(-c3cn(C)c4ccccc34)n2)c(OC)cc1N(C)CCN(C)C. The molecule has 0 aliphatic heterocycles. The number of aromatic nitrogens is 3. The number of esters is 1. The molecule has 0 aliphatic rings. The van der Waals surface area contributed by atoms with Crippen molar-refractivity contribution < 1.29 is 19.1 Å². The van der Waals surface area contributed by atoms with Crippen molar-refractivity contribution in [3.63, 3.8) is 0 Å². The lowest BCUT2D eigenvalue weighted by Crippen LogP contribution is -2.29. The van der Waals surface area contributed by atoms with Crippen molar-refractivity contribution in [2.75, 3.05) is 51.6 Å². The second-order valence-corrected chi connectivity index (χ2v) is 10.9. The van der Waals surface area contributed by atoms with Gasteiger partial charge in [-0.25, -0.2) is 14.8 Å². The van der Waals surface area contributed by atoms with Crippen LogP contribution in [0.3, 0.4) is 0 Å². The van der Waals surface area contributed by atoms with Crippen LogP contribution in [0.5, 0.6) is 5.75 Å². The maximum atomic E-state index is 13.1. The van der Waals surface area contributed by atoms with Crippen molar-refractivity contribution >= 4 is 34.2 Å². The quantitative estimate of drug-likeness (QED) is 0.185. The van der Waals surface area contributed by atoms with Crippen molar-refractivity contribution in [3.05, 3.63) is 78.4 Å². The molecule has 1 N–H and O–H groups in total. The molecule has 0 fully saturated rings. The molecule has 0 unspecified atom stereocenters. The van der Waals surface area contributed by atoms with Crippen LogP contribution in [0.4, 0.5) is 11.4 Å². The number of ether oxygens (including phenoxy) is 2. The van der Waals surface area contributed by atoms with Gasteiger partial charge in [0.1, 0.15) is 17.1 Å². The van der Waals surface area contributed by atoms with Gasteiger partial charge < -0.3 is 29.2 Å². The highest BCUT2D eigenvalue weighted by Crippen LogP contribution is 2.36. The molecule has 2 aromatic carbocycles. The molecule has 4 rings (SSSR count). The van der Waals surface area contributed by atoms with Gasteiger partial charge in [-0.1, -0.05) is 24.8 Å². The molecule has 43 heavy (non-hydrogen) atoms. The highest BCUT2D eigenvalue weighted by molar-refractivity contribution is 6.03. The molecule has 1 amide bonds. The largest absolute Gasteiger partial charge is 0.496 e. The molecular weight excluding hydrogens is 544 g/mol. The molecule has 0 spiro atoms. The van der Waals surface area contributed by atoms with E-state index in [1.54, 1.807) is 21.0 Å². The van der Waals surface area contributed by atoms with Crippen LogP contribution in [0.15, 0.2) is 61.4 Å². The Bertz CT molecular complexity index is 1640. The predicted octanol–water partition coefficient (Wildman–Crippen LogP) is 4.92. The molecular formula is C33H40N6O4. The molecule has 0 saturated carbocycles. The first-order valence-electron chi connectivity index (χ1n) is 14.1. The summed E-state index contributed by atoms with van der Waals surface area (Å²) in [5, 5.41) is 3.90. The number of benzene rings is 2. The fourth-order valence-corrected chi connectivity index (χ4v) is 4.85. The third-order valence-corrected chi connectivity index (χ3v) is 7.04. The zero-order chi connectivity index (χ0) is 31.3.